The number of aromatic nitrogens is 2. The Morgan fingerprint density at radius 2 is 1.96 bits per heavy atom. The van der Waals surface area contributed by atoms with Crippen molar-refractivity contribution in [1.29, 1.82) is 0 Å². The minimum absolute atomic E-state index is 0.333. The predicted octanol–water partition coefficient (Wildman–Crippen LogP) is 3.92. The van der Waals surface area contributed by atoms with Crippen LogP contribution in [0.2, 0.25) is 5.02 Å². The average molecular weight is 330 g/mol. The molecule has 0 saturated carbocycles. The Morgan fingerprint density at radius 3 is 2.65 bits per heavy atom. The van der Waals surface area contributed by atoms with Crippen molar-refractivity contribution < 1.29 is 4.79 Å². The Labute approximate surface area is 141 Å². The van der Waals surface area contributed by atoms with Crippen molar-refractivity contribution >= 4 is 23.2 Å². The number of hydrogen-bond acceptors (Lipinski definition) is 4. The smallest absolute Gasteiger partial charge is 0.161 e. The zero-order valence-electron chi connectivity index (χ0n) is 13.3. The van der Waals surface area contributed by atoms with E-state index in [1.807, 2.05) is 30.3 Å². The Hall–Kier alpha value is -1.94. The molecule has 0 unspecified atom stereocenters. The van der Waals surface area contributed by atoms with Crippen LogP contribution in [0.5, 0.6) is 0 Å². The van der Waals surface area contributed by atoms with Crippen LogP contribution in [0.1, 0.15) is 31.9 Å². The van der Waals surface area contributed by atoms with Crippen molar-refractivity contribution in [2.24, 2.45) is 0 Å². The third-order valence-electron chi connectivity index (χ3n) is 4.00. The molecule has 120 valence electrons. The number of rotatable bonds is 4. The highest BCUT2D eigenvalue weighted by molar-refractivity contribution is 6.30. The molecule has 1 aliphatic heterocycles. The van der Waals surface area contributed by atoms with Gasteiger partial charge in [0.05, 0.1) is 0 Å². The number of nitrogens with zero attached hydrogens (tertiary/aromatic N) is 3. The number of halogens is 1. The summed E-state index contributed by atoms with van der Waals surface area (Å²) < 4.78 is 0. The van der Waals surface area contributed by atoms with Crippen molar-refractivity contribution in [1.82, 2.24) is 9.97 Å². The molecule has 1 aromatic heterocycles. The summed E-state index contributed by atoms with van der Waals surface area (Å²) in [7, 11) is 0. The van der Waals surface area contributed by atoms with Crippen LogP contribution in [-0.2, 0) is 11.2 Å². The van der Waals surface area contributed by atoms with Crippen LogP contribution in [0.4, 0.5) is 5.82 Å². The number of hydrogen-bond donors (Lipinski definition) is 0. The van der Waals surface area contributed by atoms with Gasteiger partial charge < -0.3 is 4.90 Å². The molecule has 1 aliphatic rings. The lowest BCUT2D eigenvalue weighted by atomic mass is 10.1. The van der Waals surface area contributed by atoms with Crippen molar-refractivity contribution in [3.63, 3.8) is 0 Å². The minimum atomic E-state index is 0.333. The average Bonchev–Trinajstić information content (AvgIpc) is 2.55. The number of Topliss-reactive ketones (excluding diaryl/α,β-unsaturated/α-hetero) is 1. The van der Waals surface area contributed by atoms with E-state index in [9.17, 15) is 4.79 Å². The lowest BCUT2D eigenvalue weighted by molar-refractivity contribution is -0.119. The first-order valence-electron chi connectivity index (χ1n) is 8.06. The maximum absolute atomic E-state index is 11.5. The summed E-state index contributed by atoms with van der Waals surface area (Å²) in [6, 6.07) is 9.66. The lowest BCUT2D eigenvalue weighted by Gasteiger charge is -2.27. The van der Waals surface area contributed by atoms with Crippen molar-refractivity contribution in [3.05, 3.63) is 41.0 Å². The lowest BCUT2D eigenvalue weighted by Crippen LogP contribution is -2.34. The van der Waals surface area contributed by atoms with Gasteiger partial charge in [0.25, 0.3) is 0 Å². The second kappa shape index (κ2) is 7.09. The van der Waals surface area contributed by atoms with Crippen molar-refractivity contribution in [2.45, 2.75) is 32.6 Å². The second-order valence-electron chi connectivity index (χ2n) is 5.83. The quantitative estimate of drug-likeness (QED) is 0.853. The number of ketones is 1. The van der Waals surface area contributed by atoms with Gasteiger partial charge in [0.15, 0.2) is 5.82 Å². The molecule has 4 nitrogen and oxygen atoms in total. The Bertz CT molecular complexity index is 707. The molecule has 0 spiro atoms. The molecule has 3 rings (SSSR count). The first kappa shape index (κ1) is 15.9. The molecule has 1 aromatic carbocycles. The molecule has 0 atom stereocenters. The maximum Gasteiger partial charge on any atom is 0.161 e. The van der Waals surface area contributed by atoms with Crippen LogP contribution in [0, 0.1) is 0 Å². The van der Waals surface area contributed by atoms with Gasteiger partial charge in [-0.3, -0.25) is 4.79 Å². The molecule has 2 aromatic rings. The van der Waals surface area contributed by atoms with Gasteiger partial charge in [-0.2, -0.15) is 0 Å². The Morgan fingerprint density at radius 1 is 1.17 bits per heavy atom. The Kier molecular flexibility index (Phi) is 4.91. The first-order chi connectivity index (χ1) is 11.2. The molecule has 0 aliphatic carbocycles. The third-order valence-corrected chi connectivity index (χ3v) is 4.23. The number of anilines is 1. The Balaban J connectivity index is 1.97. The normalized spacial score (nSPS) is 15.0. The molecule has 0 N–H and O–H groups in total. The molecule has 1 saturated heterocycles. The number of carbonyl (C=O) groups is 1. The van der Waals surface area contributed by atoms with Crippen LogP contribution in [-0.4, -0.2) is 28.8 Å². The van der Waals surface area contributed by atoms with E-state index in [2.05, 4.69) is 16.8 Å². The zero-order valence-corrected chi connectivity index (χ0v) is 14.0. The number of carbonyl (C=O) groups excluding carboxylic acids is 1. The maximum atomic E-state index is 11.5. The van der Waals surface area contributed by atoms with Gasteiger partial charge >= 0.3 is 0 Å². The van der Waals surface area contributed by atoms with Gasteiger partial charge in [0.1, 0.15) is 11.6 Å². The number of benzene rings is 1. The largest absolute Gasteiger partial charge is 0.356 e. The van der Waals surface area contributed by atoms with E-state index in [4.69, 9.17) is 16.6 Å². The molecular weight excluding hydrogens is 310 g/mol. The standard InChI is InChI=1S/C18H20ClN3O/c1-2-4-15-12-17(22-9-7-16(23)8-10-22)21-18(20-15)13-5-3-6-14(19)11-13/h3,5-6,11-12H,2,4,7-10H2,1H3. The third kappa shape index (κ3) is 3.88. The van der Waals surface area contributed by atoms with E-state index >= 15 is 0 Å². The van der Waals surface area contributed by atoms with Gasteiger partial charge in [-0.1, -0.05) is 37.1 Å². The van der Waals surface area contributed by atoms with Gasteiger partial charge in [-0.15, -0.1) is 0 Å². The molecule has 23 heavy (non-hydrogen) atoms. The van der Waals surface area contributed by atoms with E-state index < -0.39 is 0 Å². The highest BCUT2D eigenvalue weighted by Crippen LogP contribution is 2.24. The summed E-state index contributed by atoms with van der Waals surface area (Å²) in [5, 5.41) is 0.678. The van der Waals surface area contributed by atoms with E-state index in [0.29, 0.717) is 29.5 Å². The SMILES string of the molecule is CCCc1cc(N2CCC(=O)CC2)nc(-c2cccc(Cl)c2)n1. The van der Waals surface area contributed by atoms with E-state index in [0.717, 1.165) is 43.0 Å². The summed E-state index contributed by atoms with van der Waals surface area (Å²) in [4.78, 5) is 23.0. The van der Waals surface area contributed by atoms with Crippen molar-refractivity contribution in [2.75, 3.05) is 18.0 Å². The van der Waals surface area contributed by atoms with E-state index in [1.54, 1.807) is 0 Å². The van der Waals surface area contributed by atoms with Gasteiger partial charge in [-0.25, -0.2) is 9.97 Å². The summed E-state index contributed by atoms with van der Waals surface area (Å²) >= 11 is 6.10. The minimum Gasteiger partial charge on any atom is -0.356 e. The predicted molar refractivity (Wildman–Crippen MR) is 92.9 cm³/mol. The highest BCUT2D eigenvalue weighted by atomic mass is 35.5. The monoisotopic (exact) mass is 329 g/mol. The van der Waals surface area contributed by atoms with E-state index in [1.165, 1.54) is 0 Å². The van der Waals surface area contributed by atoms with Crippen LogP contribution < -0.4 is 4.90 Å². The van der Waals surface area contributed by atoms with E-state index in [-0.39, 0.29) is 0 Å². The summed E-state index contributed by atoms with van der Waals surface area (Å²) in [5.41, 5.74) is 1.95. The van der Waals surface area contributed by atoms with Gasteiger partial charge in [0.2, 0.25) is 0 Å². The first-order valence-corrected chi connectivity index (χ1v) is 8.44. The second-order valence-corrected chi connectivity index (χ2v) is 6.26. The highest BCUT2D eigenvalue weighted by Gasteiger charge is 2.19. The van der Waals surface area contributed by atoms with Crippen LogP contribution >= 0.6 is 11.6 Å². The van der Waals surface area contributed by atoms with Gasteiger partial charge in [-0.05, 0) is 18.6 Å². The van der Waals surface area contributed by atoms with Gasteiger partial charge in [0, 0.05) is 48.3 Å². The molecule has 1 fully saturated rings. The topological polar surface area (TPSA) is 46.1 Å². The van der Waals surface area contributed by atoms with Crippen molar-refractivity contribution in [3.8, 4) is 11.4 Å². The van der Waals surface area contributed by atoms with Crippen LogP contribution in [0.15, 0.2) is 30.3 Å². The molecule has 0 radical (unpaired) electrons. The van der Waals surface area contributed by atoms with Crippen LogP contribution in [0.3, 0.4) is 0 Å². The summed E-state index contributed by atoms with van der Waals surface area (Å²) in [6.45, 7) is 3.60. The fraction of sp³-hybridized carbons (Fsp3) is 0.389. The molecule has 0 amide bonds. The van der Waals surface area contributed by atoms with Crippen LogP contribution in [0.25, 0.3) is 11.4 Å². The summed E-state index contributed by atoms with van der Waals surface area (Å²) in [5.74, 6) is 1.94. The molecule has 5 heteroatoms. The summed E-state index contributed by atoms with van der Waals surface area (Å²) in [6.07, 6.45) is 3.14. The fourth-order valence-corrected chi connectivity index (χ4v) is 2.96. The molecular formula is C18H20ClN3O. The fourth-order valence-electron chi connectivity index (χ4n) is 2.77. The number of aryl methyl sites for hydroxylation is 1. The number of piperidine rings is 1. The molecule has 0 bridgehead atoms. The zero-order chi connectivity index (χ0) is 16.2. The molecule has 2 heterocycles.